The largest absolute Gasteiger partial charge is 0.348 e. The Labute approximate surface area is 175 Å². The highest BCUT2D eigenvalue weighted by Gasteiger charge is 2.32. The zero-order valence-corrected chi connectivity index (χ0v) is 16.7. The predicted molar refractivity (Wildman–Crippen MR) is 116 cm³/mol. The molecule has 1 amide bonds. The third-order valence-electron chi connectivity index (χ3n) is 6.03. The number of aromatic nitrogens is 1. The van der Waals surface area contributed by atoms with Gasteiger partial charge in [0.2, 0.25) is 0 Å². The van der Waals surface area contributed by atoms with Crippen molar-refractivity contribution in [3.8, 4) is 0 Å². The van der Waals surface area contributed by atoms with E-state index in [1.165, 1.54) is 16.3 Å². The Kier molecular flexibility index (Phi) is 4.85. The zero-order chi connectivity index (χ0) is 20.5. The van der Waals surface area contributed by atoms with E-state index in [4.69, 9.17) is 0 Å². The molecular formula is C24H24N4O2. The summed E-state index contributed by atoms with van der Waals surface area (Å²) in [6, 6.07) is 11.3. The number of hydroxylamine groups is 2. The van der Waals surface area contributed by atoms with Gasteiger partial charge in [0.25, 0.3) is 5.91 Å². The molecule has 2 heterocycles. The molecule has 1 aromatic heterocycles. The van der Waals surface area contributed by atoms with Gasteiger partial charge in [-0.25, -0.2) is 5.06 Å². The SMILES string of the molecule is O=C(NCc1ccn(C2=CC3=C4C(=NC=CN4O)CCC3CC2)c1)c1ccccc1. The number of carbonyl (C=O) groups excluding carboxylic acids is 1. The maximum atomic E-state index is 12.3. The van der Waals surface area contributed by atoms with E-state index in [2.05, 4.69) is 27.1 Å². The number of benzene rings is 1. The first-order valence-electron chi connectivity index (χ1n) is 10.4. The minimum atomic E-state index is -0.0718. The highest BCUT2D eigenvalue weighted by atomic mass is 16.5. The summed E-state index contributed by atoms with van der Waals surface area (Å²) in [5.41, 5.74) is 5.87. The van der Waals surface area contributed by atoms with E-state index in [0.29, 0.717) is 18.0 Å². The Morgan fingerprint density at radius 3 is 2.87 bits per heavy atom. The van der Waals surface area contributed by atoms with E-state index < -0.39 is 0 Å². The fourth-order valence-corrected chi connectivity index (χ4v) is 4.46. The summed E-state index contributed by atoms with van der Waals surface area (Å²) < 4.78 is 2.12. The Bertz CT molecular complexity index is 1090. The van der Waals surface area contributed by atoms with E-state index in [1.807, 2.05) is 42.6 Å². The second-order valence-corrected chi connectivity index (χ2v) is 7.91. The molecule has 1 aromatic carbocycles. The van der Waals surface area contributed by atoms with Crippen molar-refractivity contribution in [1.29, 1.82) is 0 Å². The average molecular weight is 400 g/mol. The van der Waals surface area contributed by atoms with Gasteiger partial charge in [0.15, 0.2) is 0 Å². The van der Waals surface area contributed by atoms with E-state index in [1.54, 1.807) is 12.4 Å². The molecule has 6 nitrogen and oxygen atoms in total. The first-order valence-corrected chi connectivity index (χ1v) is 10.4. The van der Waals surface area contributed by atoms with Crippen LogP contribution >= 0.6 is 0 Å². The van der Waals surface area contributed by atoms with Gasteiger partial charge in [-0.1, -0.05) is 18.2 Å². The summed E-state index contributed by atoms with van der Waals surface area (Å²) in [6.07, 6.45) is 13.6. The van der Waals surface area contributed by atoms with Gasteiger partial charge in [0.05, 0.1) is 17.6 Å². The van der Waals surface area contributed by atoms with Crippen LogP contribution in [-0.2, 0) is 6.54 Å². The Morgan fingerprint density at radius 1 is 1.17 bits per heavy atom. The first kappa shape index (κ1) is 18.6. The van der Waals surface area contributed by atoms with E-state index in [9.17, 15) is 10.0 Å². The van der Waals surface area contributed by atoms with Crippen LogP contribution in [0.15, 0.2) is 83.5 Å². The summed E-state index contributed by atoms with van der Waals surface area (Å²) in [4.78, 5) is 16.7. The number of rotatable bonds is 4. The number of nitrogens with one attached hydrogen (secondary N) is 1. The Morgan fingerprint density at radius 2 is 2.00 bits per heavy atom. The number of allylic oxidation sites excluding steroid dienone is 4. The number of nitrogens with zero attached hydrogens (tertiary/aromatic N) is 3. The lowest BCUT2D eigenvalue weighted by molar-refractivity contribution is -0.000475. The zero-order valence-electron chi connectivity index (χ0n) is 16.7. The molecule has 1 aliphatic heterocycles. The van der Waals surface area contributed by atoms with Crippen molar-refractivity contribution in [3.05, 3.63) is 89.7 Å². The van der Waals surface area contributed by atoms with Crippen LogP contribution in [0, 0.1) is 5.92 Å². The molecule has 2 N–H and O–H groups in total. The number of aliphatic imine (C=N–C) groups is 1. The van der Waals surface area contributed by atoms with Crippen LogP contribution in [0.1, 0.15) is 41.6 Å². The number of amides is 1. The molecular weight excluding hydrogens is 376 g/mol. The normalized spacial score (nSPS) is 20.3. The molecule has 0 fully saturated rings. The standard InChI is InChI=1S/C24H24N4O2/c29-24(19-4-2-1-3-5-19)26-15-17-10-12-27(16-17)20-8-6-18-7-9-22-23(21(18)14-20)28(30)13-11-25-22/h1-5,10-14,16,18,30H,6-9,15H2,(H,26,29). The minimum absolute atomic E-state index is 0.0718. The van der Waals surface area contributed by atoms with Crippen LogP contribution in [0.4, 0.5) is 0 Å². The number of hydrogen-bond acceptors (Lipinski definition) is 4. The monoisotopic (exact) mass is 400 g/mol. The van der Waals surface area contributed by atoms with Crippen molar-refractivity contribution in [1.82, 2.24) is 14.9 Å². The van der Waals surface area contributed by atoms with Crippen LogP contribution < -0.4 is 5.32 Å². The van der Waals surface area contributed by atoms with Gasteiger partial charge < -0.3 is 9.88 Å². The molecule has 6 heteroatoms. The van der Waals surface area contributed by atoms with E-state index >= 15 is 0 Å². The van der Waals surface area contributed by atoms with Gasteiger partial charge in [0, 0.05) is 36.4 Å². The lowest BCUT2D eigenvalue weighted by Gasteiger charge is -2.35. The van der Waals surface area contributed by atoms with Crippen LogP contribution in [0.2, 0.25) is 0 Å². The van der Waals surface area contributed by atoms with Crippen molar-refractivity contribution < 1.29 is 10.0 Å². The number of fused-ring (bicyclic) bond motifs is 2. The second kappa shape index (κ2) is 7.80. The van der Waals surface area contributed by atoms with Crippen molar-refractivity contribution in [2.75, 3.05) is 0 Å². The average Bonchev–Trinajstić information content (AvgIpc) is 3.26. The summed E-state index contributed by atoms with van der Waals surface area (Å²) >= 11 is 0. The molecule has 0 saturated heterocycles. The smallest absolute Gasteiger partial charge is 0.251 e. The topological polar surface area (TPSA) is 69.9 Å². The van der Waals surface area contributed by atoms with Crippen molar-refractivity contribution >= 4 is 17.3 Å². The molecule has 0 radical (unpaired) electrons. The first-order chi connectivity index (χ1) is 14.7. The van der Waals surface area contributed by atoms with Crippen molar-refractivity contribution in [3.63, 3.8) is 0 Å². The van der Waals surface area contributed by atoms with Gasteiger partial charge in [-0.2, -0.15) is 0 Å². The quantitative estimate of drug-likeness (QED) is 0.802. The second-order valence-electron chi connectivity index (χ2n) is 7.91. The minimum Gasteiger partial charge on any atom is -0.348 e. The van der Waals surface area contributed by atoms with Gasteiger partial charge in [-0.15, -0.1) is 0 Å². The van der Waals surface area contributed by atoms with Crippen LogP contribution in [0.5, 0.6) is 0 Å². The fourth-order valence-electron chi connectivity index (χ4n) is 4.46. The third kappa shape index (κ3) is 3.50. The number of carbonyl (C=O) groups is 1. The molecule has 2 aromatic rings. The Balaban J connectivity index is 1.34. The van der Waals surface area contributed by atoms with Crippen molar-refractivity contribution in [2.24, 2.45) is 10.9 Å². The highest BCUT2D eigenvalue weighted by molar-refractivity contribution is 6.02. The van der Waals surface area contributed by atoms with Gasteiger partial charge >= 0.3 is 0 Å². The molecule has 1 unspecified atom stereocenters. The summed E-state index contributed by atoms with van der Waals surface area (Å²) in [5, 5.41) is 14.5. The van der Waals surface area contributed by atoms with E-state index in [-0.39, 0.29) is 5.91 Å². The molecule has 2 aliphatic carbocycles. The summed E-state index contributed by atoms with van der Waals surface area (Å²) in [6.45, 7) is 0.483. The van der Waals surface area contributed by atoms with Crippen LogP contribution in [0.3, 0.4) is 0 Å². The van der Waals surface area contributed by atoms with Crippen LogP contribution in [-0.4, -0.2) is 26.5 Å². The molecule has 1 atom stereocenters. The maximum Gasteiger partial charge on any atom is 0.251 e. The lowest BCUT2D eigenvalue weighted by Crippen LogP contribution is -2.30. The maximum absolute atomic E-state index is 12.3. The molecule has 152 valence electrons. The number of hydrogen-bond donors (Lipinski definition) is 2. The fraction of sp³-hybridized carbons (Fsp3) is 0.250. The Hall–Kier alpha value is -3.38. The predicted octanol–water partition coefficient (Wildman–Crippen LogP) is 4.33. The van der Waals surface area contributed by atoms with Crippen LogP contribution in [0.25, 0.3) is 5.70 Å². The van der Waals surface area contributed by atoms with Crippen molar-refractivity contribution in [2.45, 2.75) is 32.2 Å². The summed E-state index contributed by atoms with van der Waals surface area (Å²) in [7, 11) is 0. The molecule has 3 aliphatic rings. The van der Waals surface area contributed by atoms with Gasteiger partial charge in [-0.3, -0.25) is 15.0 Å². The van der Waals surface area contributed by atoms with Gasteiger partial charge in [-0.05, 0) is 67.0 Å². The molecule has 0 saturated carbocycles. The highest BCUT2D eigenvalue weighted by Crippen LogP contribution is 2.40. The summed E-state index contributed by atoms with van der Waals surface area (Å²) in [5.74, 6) is 0.390. The molecule has 5 rings (SSSR count). The van der Waals surface area contributed by atoms with E-state index in [0.717, 1.165) is 42.7 Å². The van der Waals surface area contributed by atoms with Gasteiger partial charge in [0.1, 0.15) is 0 Å². The lowest BCUT2D eigenvalue weighted by atomic mass is 9.77. The molecule has 0 bridgehead atoms. The molecule has 0 spiro atoms. The third-order valence-corrected chi connectivity index (χ3v) is 6.03. The molecule has 30 heavy (non-hydrogen) atoms.